The van der Waals surface area contributed by atoms with Crippen LogP contribution in [-0.4, -0.2) is 18.1 Å². The average Bonchev–Trinajstić information content (AvgIpc) is 3.12. The first-order chi connectivity index (χ1) is 12.7. The summed E-state index contributed by atoms with van der Waals surface area (Å²) in [6, 6.07) is 13.7. The van der Waals surface area contributed by atoms with Crippen molar-refractivity contribution in [3.8, 4) is 5.75 Å². The number of hydrogen-bond acceptors (Lipinski definition) is 4. The molecular weight excluding hydrogens is 344 g/mol. The minimum absolute atomic E-state index is 0.0141. The second-order valence-corrected chi connectivity index (χ2v) is 7.87. The van der Waals surface area contributed by atoms with E-state index in [4.69, 9.17) is 9.15 Å². The predicted octanol–water partition coefficient (Wildman–Crippen LogP) is 6.38. The Morgan fingerprint density at radius 1 is 1.00 bits per heavy atom. The normalized spacial score (nSPS) is 11.0. The van der Waals surface area contributed by atoms with E-state index in [0.29, 0.717) is 5.76 Å². The third kappa shape index (κ3) is 7.69. The lowest BCUT2D eigenvalue weighted by Gasteiger charge is -2.05. The topological polar surface area (TPSA) is 39.4 Å². The van der Waals surface area contributed by atoms with Gasteiger partial charge in [0.2, 0.25) is 5.78 Å². The van der Waals surface area contributed by atoms with E-state index >= 15 is 0 Å². The summed E-state index contributed by atoms with van der Waals surface area (Å²) >= 11 is 1.88. The highest BCUT2D eigenvalue weighted by molar-refractivity contribution is 7.98. The van der Waals surface area contributed by atoms with Crippen LogP contribution in [0.4, 0.5) is 0 Å². The summed E-state index contributed by atoms with van der Waals surface area (Å²) in [5.41, 5.74) is 0. The largest absolute Gasteiger partial charge is 0.494 e. The summed E-state index contributed by atoms with van der Waals surface area (Å²) in [5.74, 6) is 4.40. The molecule has 0 saturated carbocycles. The molecule has 0 spiro atoms. The molecule has 0 saturated heterocycles. The van der Waals surface area contributed by atoms with Gasteiger partial charge in [0, 0.05) is 5.92 Å². The van der Waals surface area contributed by atoms with Crippen LogP contribution < -0.4 is 4.74 Å². The molecule has 0 amide bonds. The maximum Gasteiger partial charge on any atom is 0.200 e. The number of Topliss-reactive ketones (excluding diaryl/α,β-unsaturated/α-hetero) is 1. The molecular formula is C22H30O3S. The lowest BCUT2D eigenvalue weighted by molar-refractivity contribution is 0.0910. The van der Waals surface area contributed by atoms with Crippen molar-refractivity contribution in [2.75, 3.05) is 12.4 Å². The van der Waals surface area contributed by atoms with Gasteiger partial charge in [0.15, 0.2) is 5.76 Å². The van der Waals surface area contributed by atoms with Crippen molar-refractivity contribution in [3.63, 3.8) is 0 Å². The molecule has 1 aromatic heterocycles. The second-order valence-electron chi connectivity index (χ2n) is 6.77. The molecule has 0 aliphatic rings. The summed E-state index contributed by atoms with van der Waals surface area (Å²) in [5, 5.41) is 0. The van der Waals surface area contributed by atoms with Gasteiger partial charge in [-0.3, -0.25) is 4.79 Å². The summed E-state index contributed by atoms with van der Waals surface area (Å²) in [6.45, 7) is 4.59. The van der Waals surface area contributed by atoms with Crippen LogP contribution in [0.1, 0.15) is 62.3 Å². The molecule has 3 nitrogen and oxygen atoms in total. The molecule has 0 radical (unpaired) electrons. The average molecular weight is 375 g/mol. The van der Waals surface area contributed by atoms with Gasteiger partial charge in [-0.05, 0) is 42.9 Å². The number of hydrogen-bond donors (Lipinski definition) is 0. The fourth-order valence-electron chi connectivity index (χ4n) is 2.59. The SMILES string of the molecule is CC(C)C(=O)c1ccc(CSCCCCCCCOc2ccccc2)o1. The first-order valence-corrected chi connectivity index (χ1v) is 10.7. The Labute approximate surface area is 161 Å². The molecule has 0 bridgehead atoms. The number of benzene rings is 1. The maximum absolute atomic E-state index is 11.9. The minimum Gasteiger partial charge on any atom is -0.494 e. The summed E-state index contributed by atoms with van der Waals surface area (Å²) in [6.07, 6.45) is 6.07. The molecule has 0 aliphatic heterocycles. The van der Waals surface area contributed by atoms with Crippen molar-refractivity contribution in [2.45, 2.75) is 51.7 Å². The number of carbonyl (C=O) groups is 1. The van der Waals surface area contributed by atoms with Crippen LogP contribution in [0.25, 0.3) is 0 Å². The van der Waals surface area contributed by atoms with Gasteiger partial charge in [-0.2, -0.15) is 11.8 Å². The zero-order chi connectivity index (χ0) is 18.6. The number of thioether (sulfide) groups is 1. The third-order valence-corrected chi connectivity index (χ3v) is 5.18. The van der Waals surface area contributed by atoms with E-state index in [1.165, 1.54) is 25.7 Å². The minimum atomic E-state index is -0.0141. The van der Waals surface area contributed by atoms with Gasteiger partial charge in [-0.15, -0.1) is 0 Å². The van der Waals surface area contributed by atoms with Crippen LogP contribution >= 0.6 is 11.8 Å². The monoisotopic (exact) mass is 374 g/mol. The zero-order valence-electron chi connectivity index (χ0n) is 15.9. The van der Waals surface area contributed by atoms with Crippen LogP contribution in [-0.2, 0) is 5.75 Å². The molecule has 1 aromatic carbocycles. The van der Waals surface area contributed by atoms with Crippen LogP contribution in [0.2, 0.25) is 0 Å². The number of ketones is 1. The van der Waals surface area contributed by atoms with Crippen LogP contribution in [0, 0.1) is 5.92 Å². The van der Waals surface area contributed by atoms with E-state index in [1.54, 1.807) is 6.07 Å². The number of rotatable bonds is 13. The third-order valence-electron chi connectivity index (χ3n) is 4.12. The molecule has 0 N–H and O–H groups in total. The number of carbonyl (C=O) groups excluding carboxylic acids is 1. The second kappa shape index (κ2) is 11.8. The van der Waals surface area contributed by atoms with Gasteiger partial charge in [-0.25, -0.2) is 0 Å². The first kappa shape index (κ1) is 20.6. The molecule has 2 rings (SSSR count). The highest BCUT2D eigenvalue weighted by Crippen LogP contribution is 2.19. The smallest absolute Gasteiger partial charge is 0.200 e. The Bertz CT molecular complexity index is 634. The van der Waals surface area contributed by atoms with E-state index in [2.05, 4.69) is 0 Å². The van der Waals surface area contributed by atoms with Crippen LogP contribution in [0.15, 0.2) is 46.9 Å². The van der Waals surface area contributed by atoms with Crippen LogP contribution in [0.5, 0.6) is 5.75 Å². The summed E-state index contributed by atoms with van der Waals surface area (Å²) in [4.78, 5) is 11.9. The van der Waals surface area contributed by atoms with Gasteiger partial charge in [-0.1, -0.05) is 51.3 Å². The fraction of sp³-hybridized carbons (Fsp3) is 0.500. The predicted molar refractivity (Wildman–Crippen MR) is 109 cm³/mol. The highest BCUT2D eigenvalue weighted by atomic mass is 32.2. The van der Waals surface area contributed by atoms with Crippen LogP contribution in [0.3, 0.4) is 0 Å². The Morgan fingerprint density at radius 2 is 1.73 bits per heavy atom. The molecule has 0 atom stereocenters. The number of furan rings is 1. The molecule has 0 unspecified atom stereocenters. The number of para-hydroxylation sites is 1. The molecule has 1 heterocycles. The van der Waals surface area contributed by atoms with E-state index < -0.39 is 0 Å². The Morgan fingerprint density at radius 3 is 2.50 bits per heavy atom. The summed E-state index contributed by atoms with van der Waals surface area (Å²) < 4.78 is 11.3. The van der Waals surface area contributed by atoms with Gasteiger partial charge in [0.05, 0.1) is 12.4 Å². The lowest BCUT2D eigenvalue weighted by Crippen LogP contribution is -2.05. The van der Waals surface area contributed by atoms with Crippen molar-refractivity contribution in [1.82, 2.24) is 0 Å². The highest BCUT2D eigenvalue weighted by Gasteiger charge is 2.14. The zero-order valence-corrected chi connectivity index (χ0v) is 16.7. The fourth-order valence-corrected chi connectivity index (χ4v) is 3.50. The maximum atomic E-state index is 11.9. The van der Waals surface area contributed by atoms with Gasteiger partial charge in [0.25, 0.3) is 0 Å². The Kier molecular flexibility index (Phi) is 9.40. The van der Waals surface area contributed by atoms with E-state index in [1.807, 2.05) is 62.0 Å². The van der Waals surface area contributed by atoms with Crippen molar-refractivity contribution in [1.29, 1.82) is 0 Å². The Balaban J connectivity index is 1.44. The summed E-state index contributed by atoms with van der Waals surface area (Å²) in [7, 11) is 0. The molecule has 142 valence electrons. The van der Waals surface area contributed by atoms with E-state index in [0.717, 1.165) is 36.0 Å². The lowest BCUT2D eigenvalue weighted by atomic mass is 10.1. The van der Waals surface area contributed by atoms with E-state index in [9.17, 15) is 4.79 Å². The van der Waals surface area contributed by atoms with Crippen molar-refractivity contribution < 1.29 is 13.9 Å². The number of ether oxygens (including phenoxy) is 1. The molecule has 2 aromatic rings. The molecule has 26 heavy (non-hydrogen) atoms. The van der Waals surface area contributed by atoms with E-state index in [-0.39, 0.29) is 11.7 Å². The van der Waals surface area contributed by atoms with Crippen molar-refractivity contribution in [2.24, 2.45) is 5.92 Å². The standard InChI is InChI=1S/C22H30O3S/c1-18(2)22(23)21-14-13-20(25-21)17-26-16-10-5-3-4-9-15-24-19-11-7-6-8-12-19/h6-8,11-14,18H,3-5,9-10,15-17H2,1-2H3. The van der Waals surface area contributed by atoms with Crippen molar-refractivity contribution in [3.05, 3.63) is 54.0 Å². The molecule has 0 fully saturated rings. The van der Waals surface area contributed by atoms with Gasteiger partial charge < -0.3 is 9.15 Å². The first-order valence-electron chi connectivity index (χ1n) is 9.55. The van der Waals surface area contributed by atoms with Crippen molar-refractivity contribution >= 4 is 17.5 Å². The number of unbranched alkanes of at least 4 members (excludes halogenated alkanes) is 4. The Hall–Kier alpha value is -1.68. The van der Waals surface area contributed by atoms with Gasteiger partial charge >= 0.3 is 0 Å². The molecule has 4 heteroatoms. The quantitative estimate of drug-likeness (QED) is 0.301. The molecule has 0 aliphatic carbocycles. The van der Waals surface area contributed by atoms with Gasteiger partial charge in [0.1, 0.15) is 11.5 Å².